The zero-order chi connectivity index (χ0) is 26.2. The van der Waals surface area contributed by atoms with Gasteiger partial charge in [-0.1, -0.05) is 13.8 Å². The zero-order valence-electron chi connectivity index (χ0n) is 21.0. The maximum Gasteiger partial charge on any atom is 0.434 e. The third-order valence-electron chi connectivity index (χ3n) is 5.44. The van der Waals surface area contributed by atoms with Gasteiger partial charge in [-0.05, 0) is 33.6 Å². The maximum atomic E-state index is 12.7. The van der Waals surface area contributed by atoms with Crippen LogP contribution in [0.25, 0.3) is 0 Å². The average Bonchev–Trinajstić information content (AvgIpc) is 3.17. The smallest absolute Gasteiger partial charge is 0.434 e. The van der Waals surface area contributed by atoms with Gasteiger partial charge in [-0.25, -0.2) is 14.8 Å². The topological polar surface area (TPSA) is 96.9 Å². The maximum absolute atomic E-state index is 12.7. The lowest BCUT2D eigenvalue weighted by atomic mass is 10.0. The number of nitrogens with zero attached hydrogens (tertiary/aromatic N) is 4. The van der Waals surface area contributed by atoms with E-state index in [1.54, 1.807) is 20.8 Å². The molecule has 2 aliphatic heterocycles. The van der Waals surface area contributed by atoms with Gasteiger partial charge < -0.3 is 24.6 Å². The van der Waals surface area contributed by atoms with Crippen molar-refractivity contribution in [3.63, 3.8) is 0 Å². The SMILES string of the molecule is CC.CC(C)(C)OC(=O)NCCOC1CCN(C2CCN(c3cnc(C(F)(F)F)cn3)CC2)C1=O. The minimum atomic E-state index is -4.51. The Hall–Kier alpha value is -2.63. The Morgan fingerprint density at radius 1 is 1.09 bits per heavy atom. The van der Waals surface area contributed by atoms with Crippen molar-refractivity contribution >= 4 is 17.8 Å². The number of carbonyl (C=O) groups excluding carboxylic acids is 2. The molecular weight excluding hydrogens is 467 g/mol. The number of amides is 2. The highest BCUT2D eigenvalue weighted by Gasteiger charge is 2.38. The molecule has 0 aliphatic carbocycles. The fourth-order valence-corrected chi connectivity index (χ4v) is 3.90. The molecule has 1 aromatic rings. The Morgan fingerprint density at radius 3 is 2.29 bits per heavy atom. The molecule has 1 unspecified atom stereocenters. The summed E-state index contributed by atoms with van der Waals surface area (Å²) in [5.41, 5.74) is -1.60. The second-order valence-corrected chi connectivity index (χ2v) is 9.08. The molecule has 2 amide bonds. The molecule has 1 atom stereocenters. The summed E-state index contributed by atoms with van der Waals surface area (Å²) in [5.74, 6) is 0.327. The lowest BCUT2D eigenvalue weighted by Crippen LogP contribution is -2.47. The molecule has 3 heterocycles. The van der Waals surface area contributed by atoms with E-state index in [1.807, 2.05) is 23.6 Å². The number of ether oxygens (including phenoxy) is 2. The predicted octanol–water partition coefficient (Wildman–Crippen LogP) is 3.63. The quantitative estimate of drug-likeness (QED) is 0.592. The van der Waals surface area contributed by atoms with E-state index >= 15 is 0 Å². The number of anilines is 1. The molecule has 0 bridgehead atoms. The number of rotatable bonds is 6. The van der Waals surface area contributed by atoms with E-state index in [0.717, 1.165) is 12.4 Å². The molecule has 0 spiro atoms. The summed E-state index contributed by atoms with van der Waals surface area (Å²) in [6.07, 6.45) is -1.76. The number of alkyl halides is 3. The molecule has 2 saturated heterocycles. The molecule has 1 N–H and O–H groups in total. The van der Waals surface area contributed by atoms with E-state index in [4.69, 9.17) is 9.47 Å². The highest BCUT2D eigenvalue weighted by atomic mass is 19.4. The van der Waals surface area contributed by atoms with Gasteiger partial charge in [0.05, 0.1) is 19.0 Å². The number of piperidine rings is 1. The van der Waals surface area contributed by atoms with Crippen molar-refractivity contribution in [1.82, 2.24) is 20.2 Å². The molecule has 0 saturated carbocycles. The lowest BCUT2D eigenvalue weighted by molar-refractivity contribution is -0.141. The van der Waals surface area contributed by atoms with E-state index in [9.17, 15) is 22.8 Å². The van der Waals surface area contributed by atoms with Crippen LogP contribution in [0.1, 0.15) is 59.6 Å². The number of hydrogen-bond acceptors (Lipinski definition) is 7. The molecule has 9 nitrogen and oxygen atoms in total. The molecule has 0 aromatic carbocycles. The summed E-state index contributed by atoms with van der Waals surface area (Å²) < 4.78 is 48.8. The summed E-state index contributed by atoms with van der Waals surface area (Å²) >= 11 is 0. The van der Waals surface area contributed by atoms with Gasteiger partial charge in [-0.2, -0.15) is 13.2 Å². The van der Waals surface area contributed by atoms with Gasteiger partial charge >= 0.3 is 12.3 Å². The Morgan fingerprint density at radius 2 is 1.74 bits per heavy atom. The Labute approximate surface area is 204 Å². The van der Waals surface area contributed by atoms with Crippen LogP contribution in [-0.2, 0) is 20.4 Å². The van der Waals surface area contributed by atoms with Crippen molar-refractivity contribution < 1.29 is 32.2 Å². The number of nitrogens with one attached hydrogen (secondary N) is 1. The summed E-state index contributed by atoms with van der Waals surface area (Å²) in [6, 6.07) is 0.0460. The third kappa shape index (κ3) is 8.52. The van der Waals surface area contributed by atoms with Crippen LogP contribution in [0.5, 0.6) is 0 Å². The van der Waals surface area contributed by atoms with Crippen LogP contribution < -0.4 is 10.2 Å². The first-order valence-corrected chi connectivity index (χ1v) is 12.0. The highest BCUT2D eigenvalue weighted by Crippen LogP contribution is 2.29. The van der Waals surface area contributed by atoms with Crippen LogP contribution in [0.3, 0.4) is 0 Å². The second-order valence-electron chi connectivity index (χ2n) is 9.08. The van der Waals surface area contributed by atoms with Crippen LogP contribution in [-0.4, -0.2) is 77.4 Å². The lowest BCUT2D eigenvalue weighted by Gasteiger charge is -2.37. The molecule has 3 rings (SSSR count). The summed E-state index contributed by atoms with van der Waals surface area (Å²) in [4.78, 5) is 35.4. The molecule has 35 heavy (non-hydrogen) atoms. The largest absolute Gasteiger partial charge is 0.444 e. The number of likely N-dealkylation sites (tertiary alicyclic amines) is 1. The molecule has 2 fully saturated rings. The molecule has 12 heteroatoms. The first-order valence-electron chi connectivity index (χ1n) is 12.0. The van der Waals surface area contributed by atoms with Crippen molar-refractivity contribution in [3.05, 3.63) is 18.1 Å². The predicted molar refractivity (Wildman–Crippen MR) is 124 cm³/mol. The van der Waals surface area contributed by atoms with Gasteiger partial charge in [0.2, 0.25) is 0 Å². The highest BCUT2D eigenvalue weighted by molar-refractivity contribution is 5.83. The van der Waals surface area contributed by atoms with Crippen molar-refractivity contribution in [1.29, 1.82) is 0 Å². The molecule has 198 valence electrons. The number of halogens is 3. The van der Waals surface area contributed by atoms with Gasteiger partial charge in [-0.3, -0.25) is 4.79 Å². The average molecular weight is 504 g/mol. The van der Waals surface area contributed by atoms with E-state index in [0.29, 0.717) is 44.7 Å². The van der Waals surface area contributed by atoms with Crippen molar-refractivity contribution in [3.8, 4) is 0 Å². The fraction of sp³-hybridized carbons (Fsp3) is 0.739. The van der Waals surface area contributed by atoms with Crippen LogP contribution in [0, 0.1) is 0 Å². The van der Waals surface area contributed by atoms with Crippen molar-refractivity contribution in [2.75, 3.05) is 37.7 Å². The Balaban J connectivity index is 0.00000210. The van der Waals surface area contributed by atoms with Gasteiger partial charge in [-0.15, -0.1) is 0 Å². The van der Waals surface area contributed by atoms with Crippen LogP contribution in [0.4, 0.5) is 23.8 Å². The number of hydrogen-bond donors (Lipinski definition) is 1. The first-order chi connectivity index (χ1) is 16.4. The zero-order valence-corrected chi connectivity index (χ0v) is 21.0. The van der Waals surface area contributed by atoms with Crippen LogP contribution >= 0.6 is 0 Å². The minimum absolute atomic E-state index is 0.0460. The minimum Gasteiger partial charge on any atom is -0.444 e. The van der Waals surface area contributed by atoms with Gasteiger partial charge in [0.1, 0.15) is 17.5 Å². The van der Waals surface area contributed by atoms with Gasteiger partial charge in [0.15, 0.2) is 5.69 Å². The normalized spacial score (nSPS) is 19.3. The van der Waals surface area contributed by atoms with Crippen LogP contribution in [0.2, 0.25) is 0 Å². The Bertz CT molecular complexity index is 822. The van der Waals surface area contributed by atoms with E-state index in [-0.39, 0.29) is 25.1 Å². The van der Waals surface area contributed by atoms with Gasteiger partial charge in [0, 0.05) is 38.6 Å². The summed E-state index contributed by atoms with van der Waals surface area (Å²) in [7, 11) is 0. The number of alkyl carbamates (subject to hydrolysis) is 1. The fourth-order valence-electron chi connectivity index (χ4n) is 3.90. The number of carbonyl (C=O) groups is 2. The third-order valence-corrected chi connectivity index (χ3v) is 5.44. The van der Waals surface area contributed by atoms with E-state index in [2.05, 4.69) is 15.3 Å². The van der Waals surface area contributed by atoms with E-state index < -0.39 is 29.7 Å². The molecule has 0 radical (unpaired) electrons. The molecule has 1 aromatic heterocycles. The number of aromatic nitrogens is 2. The Kier molecular flexibility index (Phi) is 10.1. The van der Waals surface area contributed by atoms with E-state index in [1.165, 1.54) is 0 Å². The van der Waals surface area contributed by atoms with Crippen molar-refractivity contribution in [2.45, 2.75) is 77.8 Å². The van der Waals surface area contributed by atoms with Crippen molar-refractivity contribution in [2.24, 2.45) is 0 Å². The summed E-state index contributed by atoms with van der Waals surface area (Å²) in [6.45, 7) is 11.5. The first kappa shape index (κ1) is 28.6. The standard InChI is InChI=1S/C21H30F3N5O4.C2H6/c1-20(2,3)33-19(31)25-7-11-32-15-6-10-29(18(15)30)14-4-8-28(9-5-14)17-13-26-16(12-27-17)21(22,23)24;1-2/h12-15H,4-11H2,1-3H3,(H,25,31);1-2H3. The molecular formula is C23H36F3N5O4. The second kappa shape index (κ2) is 12.4. The van der Waals surface area contributed by atoms with Gasteiger partial charge in [0.25, 0.3) is 5.91 Å². The van der Waals surface area contributed by atoms with Crippen LogP contribution in [0.15, 0.2) is 12.4 Å². The summed E-state index contributed by atoms with van der Waals surface area (Å²) in [5, 5.41) is 2.59. The molecule has 2 aliphatic rings. The monoisotopic (exact) mass is 503 g/mol.